The van der Waals surface area contributed by atoms with Crippen LogP contribution in [-0.2, 0) is 5.75 Å². The van der Waals surface area contributed by atoms with Gasteiger partial charge in [-0.3, -0.25) is 0 Å². The third kappa shape index (κ3) is 3.25. The number of anilines is 1. The lowest BCUT2D eigenvalue weighted by atomic mass is 10.2. The van der Waals surface area contributed by atoms with Crippen LogP contribution in [0.3, 0.4) is 0 Å². The van der Waals surface area contributed by atoms with E-state index in [4.69, 9.17) is 5.73 Å². The van der Waals surface area contributed by atoms with Crippen molar-refractivity contribution in [3.63, 3.8) is 0 Å². The van der Waals surface area contributed by atoms with Gasteiger partial charge in [0.2, 0.25) is 0 Å². The van der Waals surface area contributed by atoms with Crippen molar-refractivity contribution >= 4 is 33.5 Å². The summed E-state index contributed by atoms with van der Waals surface area (Å²) in [4.78, 5) is 5.19. The van der Waals surface area contributed by atoms with Gasteiger partial charge in [-0.05, 0) is 29.8 Å². The number of thioether (sulfide) groups is 1. The summed E-state index contributed by atoms with van der Waals surface area (Å²) < 4.78 is 1.11. The minimum atomic E-state index is 0.563. The first kappa shape index (κ1) is 11.5. The highest BCUT2D eigenvalue weighted by Crippen LogP contribution is 2.23. The number of rotatable bonds is 3. The molecular weight excluding hydrogens is 284 g/mol. The Balaban J connectivity index is 1.97. The smallest absolute Gasteiger partial charge is 0.123 e. The van der Waals surface area contributed by atoms with E-state index in [2.05, 4.69) is 45.2 Å². The van der Waals surface area contributed by atoms with Gasteiger partial charge in [-0.15, -0.1) is 11.8 Å². The van der Waals surface area contributed by atoms with Crippen LogP contribution in [0.25, 0.3) is 0 Å². The summed E-state index contributed by atoms with van der Waals surface area (Å²) in [6.45, 7) is 0. The average molecular weight is 295 g/mol. The molecule has 0 saturated heterocycles. The quantitative estimate of drug-likeness (QED) is 0.877. The third-order valence-corrected chi connectivity index (χ3v) is 3.66. The van der Waals surface area contributed by atoms with Crippen molar-refractivity contribution in [2.45, 2.75) is 10.6 Å². The van der Waals surface area contributed by atoms with Crippen molar-refractivity contribution in [2.75, 3.05) is 5.73 Å². The van der Waals surface area contributed by atoms with Crippen LogP contribution in [0.15, 0.2) is 52.0 Å². The molecule has 2 rings (SSSR count). The summed E-state index contributed by atoms with van der Waals surface area (Å²) in [7, 11) is 0. The molecule has 0 unspecified atom stereocenters. The van der Waals surface area contributed by atoms with E-state index in [-0.39, 0.29) is 0 Å². The number of aromatic nitrogens is 1. The van der Waals surface area contributed by atoms with Crippen LogP contribution < -0.4 is 5.73 Å². The Morgan fingerprint density at radius 2 is 1.88 bits per heavy atom. The Labute approximate surface area is 107 Å². The minimum absolute atomic E-state index is 0.563. The fraction of sp³-hybridized carbons (Fsp3) is 0.0833. The lowest BCUT2D eigenvalue weighted by Crippen LogP contribution is -1.88. The first-order chi connectivity index (χ1) is 7.74. The van der Waals surface area contributed by atoms with Gasteiger partial charge >= 0.3 is 0 Å². The van der Waals surface area contributed by atoms with Crippen molar-refractivity contribution in [3.8, 4) is 0 Å². The van der Waals surface area contributed by atoms with Crippen LogP contribution in [0.2, 0.25) is 0 Å². The Bertz CT molecular complexity index is 408. The molecule has 4 heteroatoms. The fourth-order valence-corrected chi connectivity index (χ4v) is 2.31. The van der Waals surface area contributed by atoms with Crippen molar-refractivity contribution < 1.29 is 0 Å². The van der Waals surface area contributed by atoms with Crippen LogP contribution in [0.1, 0.15) is 5.56 Å². The number of nitrogens with two attached hydrogens (primary N) is 1. The van der Waals surface area contributed by atoms with Gasteiger partial charge in [0.25, 0.3) is 0 Å². The predicted molar refractivity (Wildman–Crippen MR) is 72.4 cm³/mol. The molecule has 0 bridgehead atoms. The van der Waals surface area contributed by atoms with Gasteiger partial charge in [0, 0.05) is 21.3 Å². The Hall–Kier alpha value is -1.00. The molecule has 0 spiro atoms. The lowest BCUT2D eigenvalue weighted by molar-refractivity contribution is 1.24. The van der Waals surface area contributed by atoms with E-state index < -0.39 is 0 Å². The van der Waals surface area contributed by atoms with Crippen LogP contribution in [-0.4, -0.2) is 4.98 Å². The molecule has 0 radical (unpaired) electrons. The zero-order valence-electron chi connectivity index (χ0n) is 8.56. The Kier molecular flexibility index (Phi) is 3.85. The zero-order chi connectivity index (χ0) is 11.4. The maximum absolute atomic E-state index is 5.53. The molecule has 0 atom stereocenters. The molecule has 0 fully saturated rings. The van der Waals surface area contributed by atoms with Crippen molar-refractivity contribution in [1.29, 1.82) is 0 Å². The van der Waals surface area contributed by atoms with Gasteiger partial charge in [-0.25, -0.2) is 4.98 Å². The van der Waals surface area contributed by atoms with E-state index in [0.717, 1.165) is 15.1 Å². The fourth-order valence-electron chi connectivity index (χ4n) is 1.22. The van der Waals surface area contributed by atoms with Crippen molar-refractivity contribution in [2.24, 2.45) is 0 Å². The van der Waals surface area contributed by atoms with Crippen molar-refractivity contribution in [3.05, 3.63) is 52.6 Å². The molecule has 2 nitrogen and oxygen atoms in total. The second-order valence-corrected chi connectivity index (χ2v) is 5.30. The van der Waals surface area contributed by atoms with E-state index in [1.54, 1.807) is 18.0 Å². The van der Waals surface area contributed by atoms with Gasteiger partial charge in [0.05, 0.1) is 0 Å². The van der Waals surface area contributed by atoms with E-state index in [1.807, 2.05) is 12.1 Å². The number of nitrogens with zero attached hydrogens (tertiary/aromatic N) is 1. The number of pyridine rings is 1. The van der Waals surface area contributed by atoms with E-state index in [0.29, 0.717) is 5.82 Å². The monoisotopic (exact) mass is 294 g/mol. The summed E-state index contributed by atoms with van der Waals surface area (Å²) in [6.07, 6.45) is 1.80. The molecule has 1 heterocycles. The number of nitrogen functional groups attached to an aromatic ring is 1. The second-order valence-electron chi connectivity index (χ2n) is 3.33. The highest BCUT2D eigenvalue weighted by atomic mass is 79.9. The number of hydrogen-bond donors (Lipinski definition) is 1. The van der Waals surface area contributed by atoms with E-state index in [9.17, 15) is 0 Å². The third-order valence-electron chi connectivity index (χ3n) is 2.08. The van der Waals surface area contributed by atoms with Crippen LogP contribution in [0.4, 0.5) is 5.82 Å². The van der Waals surface area contributed by atoms with Crippen LogP contribution >= 0.6 is 27.7 Å². The number of hydrogen-bond acceptors (Lipinski definition) is 3. The number of halogens is 1. The summed E-state index contributed by atoms with van der Waals surface area (Å²) in [5, 5.41) is 0. The molecule has 0 aliphatic rings. The van der Waals surface area contributed by atoms with Crippen LogP contribution in [0.5, 0.6) is 0 Å². The second kappa shape index (κ2) is 5.37. The molecular formula is C12H11BrN2S. The molecule has 0 aliphatic carbocycles. The predicted octanol–water partition coefficient (Wildman–Crippen LogP) is 3.72. The van der Waals surface area contributed by atoms with Gasteiger partial charge < -0.3 is 5.73 Å². The lowest BCUT2D eigenvalue weighted by Gasteiger charge is -2.02. The molecule has 0 amide bonds. The van der Waals surface area contributed by atoms with Gasteiger partial charge in [-0.1, -0.05) is 28.1 Å². The first-order valence-electron chi connectivity index (χ1n) is 4.83. The SMILES string of the molecule is Nc1ccc(SCc2ccc(Br)cc2)cn1. The van der Waals surface area contributed by atoms with E-state index >= 15 is 0 Å². The first-order valence-corrected chi connectivity index (χ1v) is 6.61. The summed E-state index contributed by atoms with van der Waals surface area (Å²) in [5.41, 5.74) is 6.82. The van der Waals surface area contributed by atoms with Crippen LogP contribution in [0, 0.1) is 0 Å². The molecule has 1 aromatic heterocycles. The Morgan fingerprint density at radius 3 is 2.50 bits per heavy atom. The zero-order valence-corrected chi connectivity index (χ0v) is 11.0. The largest absolute Gasteiger partial charge is 0.384 e. The summed E-state index contributed by atoms with van der Waals surface area (Å²) in [6, 6.07) is 12.1. The number of benzene rings is 1. The average Bonchev–Trinajstić information content (AvgIpc) is 2.30. The maximum atomic E-state index is 5.53. The standard InChI is InChI=1S/C12H11BrN2S/c13-10-3-1-9(2-4-10)8-16-11-5-6-12(14)15-7-11/h1-7H,8H2,(H2,14,15). The van der Waals surface area contributed by atoms with Gasteiger partial charge in [0.1, 0.15) is 5.82 Å². The molecule has 82 valence electrons. The molecule has 2 aromatic rings. The normalized spacial score (nSPS) is 10.3. The Morgan fingerprint density at radius 1 is 1.12 bits per heavy atom. The van der Waals surface area contributed by atoms with E-state index in [1.165, 1.54) is 5.56 Å². The maximum Gasteiger partial charge on any atom is 0.123 e. The molecule has 1 aromatic carbocycles. The molecule has 0 saturated carbocycles. The summed E-state index contributed by atoms with van der Waals surface area (Å²) in [5.74, 6) is 1.51. The highest BCUT2D eigenvalue weighted by Gasteiger charge is 1.97. The minimum Gasteiger partial charge on any atom is -0.384 e. The molecule has 2 N–H and O–H groups in total. The topological polar surface area (TPSA) is 38.9 Å². The molecule has 16 heavy (non-hydrogen) atoms. The molecule has 0 aliphatic heterocycles. The van der Waals surface area contributed by atoms with Gasteiger partial charge in [0.15, 0.2) is 0 Å². The summed E-state index contributed by atoms with van der Waals surface area (Å²) >= 11 is 5.17. The highest BCUT2D eigenvalue weighted by molar-refractivity contribution is 9.10. The van der Waals surface area contributed by atoms with Crippen molar-refractivity contribution in [1.82, 2.24) is 4.98 Å². The van der Waals surface area contributed by atoms with Gasteiger partial charge in [-0.2, -0.15) is 0 Å².